The van der Waals surface area contributed by atoms with E-state index in [0.29, 0.717) is 24.2 Å². The molecule has 1 aromatic carbocycles. The summed E-state index contributed by atoms with van der Waals surface area (Å²) < 4.78 is 33.2. The Kier molecular flexibility index (Phi) is 7.40. The van der Waals surface area contributed by atoms with Crippen LogP contribution >= 0.6 is 0 Å². The molecule has 1 saturated heterocycles. The van der Waals surface area contributed by atoms with Crippen molar-refractivity contribution in [1.29, 1.82) is 0 Å². The predicted octanol–water partition coefficient (Wildman–Crippen LogP) is 3.41. The second-order valence-electron chi connectivity index (χ2n) is 8.02. The first-order valence-electron chi connectivity index (χ1n) is 10.9. The first kappa shape index (κ1) is 24.0. The van der Waals surface area contributed by atoms with Crippen LogP contribution in [0.3, 0.4) is 0 Å². The number of carbonyl (C=O) groups excluding carboxylic acids is 2. The molecule has 8 nitrogen and oxygen atoms in total. The minimum Gasteiger partial charge on any atom is -0.462 e. The van der Waals surface area contributed by atoms with Gasteiger partial charge in [-0.15, -0.1) is 0 Å². The molecular formula is C23H31N3O5S. The van der Waals surface area contributed by atoms with Gasteiger partial charge in [0, 0.05) is 36.1 Å². The quantitative estimate of drug-likeness (QED) is 0.614. The van der Waals surface area contributed by atoms with Crippen molar-refractivity contribution in [3.8, 4) is 0 Å². The SMILES string of the molecule is CCOC(=O)c1c(C)[nH]c(C)c1S(=O)(=O)N1CCC(C(=O)Nc2ccc(CC)cc2)CC1. The van der Waals surface area contributed by atoms with Crippen LogP contribution in [-0.2, 0) is 26.0 Å². The largest absolute Gasteiger partial charge is 0.462 e. The number of piperidine rings is 1. The molecule has 2 heterocycles. The van der Waals surface area contributed by atoms with E-state index >= 15 is 0 Å². The molecular weight excluding hydrogens is 430 g/mol. The van der Waals surface area contributed by atoms with Gasteiger partial charge in [0.25, 0.3) is 0 Å². The lowest BCUT2D eigenvalue weighted by Gasteiger charge is -2.30. The Labute approximate surface area is 189 Å². The summed E-state index contributed by atoms with van der Waals surface area (Å²) in [5.74, 6) is -1.03. The predicted molar refractivity (Wildman–Crippen MR) is 122 cm³/mol. The number of aryl methyl sites for hydroxylation is 3. The summed E-state index contributed by atoms with van der Waals surface area (Å²) >= 11 is 0. The summed E-state index contributed by atoms with van der Waals surface area (Å²) in [7, 11) is -3.91. The second kappa shape index (κ2) is 9.87. The van der Waals surface area contributed by atoms with Gasteiger partial charge in [0.2, 0.25) is 15.9 Å². The fraction of sp³-hybridized carbons (Fsp3) is 0.478. The van der Waals surface area contributed by atoms with E-state index in [2.05, 4.69) is 17.2 Å². The molecule has 1 aliphatic rings. The Morgan fingerprint density at radius 1 is 1.09 bits per heavy atom. The van der Waals surface area contributed by atoms with Crippen LogP contribution in [0.4, 0.5) is 5.69 Å². The van der Waals surface area contributed by atoms with Crippen molar-refractivity contribution in [1.82, 2.24) is 9.29 Å². The van der Waals surface area contributed by atoms with Gasteiger partial charge in [0.15, 0.2) is 0 Å². The maximum absolute atomic E-state index is 13.4. The lowest BCUT2D eigenvalue weighted by Crippen LogP contribution is -2.41. The zero-order chi connectivity index (χ0) is 23.5. The standard InChI is InChI=1S/C23H31N3O5S/c1-5-17-7-9-19(10-8-17)25-22(27)18-11-13-26(14-12-18)32(29,30)21-16(4)24-15(3)20(21)23(28)31-6-2/h7-10,18,24H,5-6,11-14H2,1-4H3,(H,25,27). The van der Waals surface area contributed by atoms with Gasteiger partial charge in [-0.3, -0.25) is 4.79 Å². The maximum atomic E-state index is 13.4. The van der Waals surface area contributed by atoms with Crippen molar-refractivity contribution < 1.29 is 22.7 Å². The maximum Gasteiger partial charge on any atom is 0.341 e. The number of carbonyl (C=O) groups is 2. The molecule has 32 heavy (non-hydrogen) atoms. The monoisotopic (exact) mass is 461 g/mol. The number of H-pyrrole nitrogens is 1. The normalized spacial score (nSPS) is 15.5. The summed E-state index contributed by atoms with van der Waals surface area (Å²) in [5, 5.41) is 2.93. The van der Waals surface area contributed by atoms with Crippen LogP contribution in [0.2, 0.25) is 0 Å². The van der Waals surface area contributed by atoms with Crippen molar-refractivity contribution in [3.05, 3.63) is 46.8 Å². The number of aromatic amines is 1. The first-order chi connectivity index (χ1) is 15.2. The molecule has 1 aliphatic heterocycles. The third-order valence-electron chi connectivity index (χ3n) is 5.85. The van der Waals surface area contributed by atoms with E-state index < -0.39 is 16.0 Å². The number of esters is 1. The van der Waals surface area contributed by atoms with Gasteiger partial charge < -0.3 is 15.0 Å². The van der Waals surface area contributed by atoms with Gasteiger partial charge in [0.05, 0.1) is 6.61 Å². The van der Waals surface area contributed by atoms with Crippen LogP contribution in [0.1, 0.15) is 54.0 Å². The zero-order valence-electron chi connectivity index (χ0n) is 19.0. The summed E-state index contributed by atoms with van der Waals surface area (Å²) in [4.78, 5) is 28.0. The Morgan fingerprint density at radius 2 is 1.72 bits per heavy atom. The van der Waals surface area contributed by atoms with Gasteiger partial charge in [0.1, 0.15) is 10.5 Å². The van der Waals surface area contributed by atoms with E-state index in [1.54, 1.807) is 20.8 Å². The molecule has 1 amide bonds. The van der Waals surface area contributed by atoms with Crippen LogP contribution in [-0.4, -0.2) is 49.3 Å². The fourth-order valence-electron chi connectivity index (χ4n) is 4.09. The lowest BCUT2D eigenvalue weighted by atomic mass is 9.97. The van der Waals surface area contributed by atoms with Crippen molar-refractivity contribution >= 4 is 27.6 Å². The molecule has 1 fully saturated rings. The van der Waals surface area contributed by atoms with E-state index in [4.69, 9.17) is 4.74 Å². The molecule has 0 atom stereocenters. The fourth-order valence-corrected chi connectivity index (χ4v) is 5.97. The number of hydrogen-bond donors (Lipinski definition) is 2. The van der Waals surface area contributed by atoms with E-state index in [1.165, 1.54) is 9.87 Å². The van der Waals surface area contributed by atoms with Crippen LogP contribution < -0.4 is 5.32 Å². The third-order valence-corrected chi connectivity index (χ3v) is 7.92. The summed E-state index contributed by atoms with van der Waals surface area (Å²) in [6.07, 6.45) is 1.75. The topological polar surface area (TPSA) is 109 Å². The molecule has 9 heteroatoms. The van der Waals surface area contributed by atoms with E-state index in [-0.39, 0.29) is 42.0 Å². The van der Waals surface area contributed by atoms with Gasteiger partial charge in [-0.1, -0.05) is 19.1 Å². The number of ether oxygens (including phenoxy) is 1. The van der Waals surface area contributed by atoms with Crippen molar-refractivity contribution in [3.63, 3.8) is 0 Å². The number of hydrogen-bond acceptors (Lipinski definition) is 5. The molecule has 1 aromatic heterocycles. The number of aromatic nitrogens is 1. The van der Waals surface area contributed by atoms with Crippen LogP contribution in [0.5, 0.6) is 0 Å². The lowest BCUT2D eigenvalue weighted by molar-refractivity contribution is -0.120. The second-order valence-corrected chi connectivity index (χ2v) is 9.89. The molecule has 0 bridgehead atoms. The van der Waals surface area contributed by atoms with Gasteiger partial charge >= 0.3 is 5.97 Å². The van der Waals surface area contributed by atoms with E-state index in [9.17, 15) is 18.0 Å². The van der Waals surface area contributed by atoms with E-state index in [1.807, 2.05) is 24.3 Å². The van der Waals surface area contributed by atoms with E-state index in [0.717, 1.165) is 12.1 Å². The molecule has 0 spiro atoms. The number of nitrogens with zero attached hydrogens (tertiary/aromatic N) is 1. The highest BCUT2D eigenvalue weighted by Crippen LogP contribution is 2.30. The minimum atomic E-state index is -3.91. The zero-order valence-corrected chi connectivity index (χ0v) is 19.8. The number of anilines is 1. The van der Waals surface area contributed by atoms with Gasteiger partial charge in [-0.25, -0.2) is 13.2 Å². The molecule has 3 rings (SSSR count). The molecule has 0 saturated carbocycles. The molecule has 0 unspecified atom stereocenters. The number of amides is 1. The summed E-state index contributed by atoms with van der Waals surface area (Å²) in [6, 6.07) is 7.72. The number of sulfonamides is 1. The molecule has 2 N–H and O–H groups in total. The van der Waals surface area contributed by atoms with Gasteiger partial charge in [-0.2, -0.15) is 4.31 Å². The average molecular weight is 462 g/mol. The highest BCUT2D eigenvalue weighted by atomic mass is 32.2. The first-order valence-corrected chi connectivity index (χ1v) is 12.4. The van der Waals surface area contributed by atoms with Crippen LogP contribution in [0, 0.1) is 19.8 Å². The Hall–Kier alpha value is -2.65. The van der Waals surface area contributed by atoms with Crippen molar-refractivity contribution in [2.75, 3.05) is 25.0 Å². The highest BCUT2D eigenvalue weighted by Gasteiger charge is 2.37. The summed E-state index contributed by atoms with van der Waals surface area (Å²) in [5.41, 5.74) is 2.85. The number of rotatable bonds is 7. The molecule has 0 aliphatic carbocycles. The number of nitrogens with one attached hydrogen (secondary N) is 2. The number of benzene rings is 1. The highest BCUT2D eigenvalue weighted by molar-refractivity contribution is 7.89. The smallest absolute Gasteiger partial charge is 0.341 e. The van der Waals surface area contributed by atoms with Crippen LogP contribution in [0.15, 0.2) is 29.2 Å². The minimum absolute atomic E-state index is 0.0348. The Balaban J connectivity index is 1.70. The van der Waals surface area contributed by atoms with Crippen molar-refractivity contribution in [2.45, 2.75) is 51.9 Å². The summed E-state index contributed by atoms with van der Waals surface area (Å²) in [6.45, 7) is 7.61. The average Bonchev–Trinajstić information content (AvgIpc) is 3.09. The Bertz CT molecular complexity index is 1080. The Morgan fingerprint density at radius 3 is 2.28 bits per heavy atom. The molecule has 2 aromatic rings. The third kappa shape index (κ3) is 4.88. The van der Waals surface area contributed by atoms with Crippen LogP contribution in [0.25, 0.3) is 0 Å². The molecule has 0 radical (unpaired) electrons. The van der Waals surface area contributed by atoms with Gasteiger partial charge in [-0.05, 0) is 57.7 Å². The molecule has 174 valence electrons. The van der Waals surface area contributed by atoms with Crippen molar-refractivity contribution in [2.24, 2.45) is 5.92 Å².